The normalized spacial score (nSPS) is 11.0. The Morgan fingerprint density at radius 3 is 2.06 bits per heavy atom. The minimum absolute atomic E-state index is 1.17. The first-order valence-corrected chi connectivity index (χ1v) is 6.17. The topological polar surface area (TPSA) is 0 Å². The van der Waals surface area contributed by atoms with Crippen LogP contribution in [-0.4, -0.2) is 0 Å². The minimum Gasteiger partial charge on any atom is -0.0984 e. The van der Waals surface area contributed by atoms with Crippen molar-refractivity contribution in [3.8, 4) is 0 Å². The van der Waals surface area contributed by atoms with E-state index in [0.29, 0.717) is 0 Å². The zero-order valence-electron chi connectivity index (χ0n) is 11.0. The number of benzene rings is 2. The quantitative estimate of drug-likeness (QED) is 0.660. The van der Waals surface area contributed by atoms with Crippen LogP contribution in [-0.2, 0) is 0 Å². The van der Waals surface area contributed by atoms with Crippen molar-refractivity contribution in [1.29, 1.82) is 0 Å². The number of aryl methyl sites for hydroxylation is 1. The zero-order valence-corrected chi connectivity index (χ0v) is 11.0. The van der Waals surface area contributed by atoms with Crippen LogP contribution in [0.4, 0.5) is 0 Å². The van der Waals surface area contributed by atoms with Gasteiger partial charge in [-0.3, -0.25) is 0 Å². The monoisotopic (exact) mass is 234 g/mol. The van der Waals surface area contributed by atoms with Crippen molar-refractivity contribution >= 4 is 29.0 Å². The Balaban J connectivity index is 3.04. The molecule has 0 fully saturated rings. The molecule has 0 bridgehead atoms. The van der Waals surface area contributed by atoms with Crippen LogP contribution in [0.5, 0.6) is 0 Å². The van der Waals surface area contributed by atoms with Gasteiger partial charge in [-0.05, 0) is 46.9 Å². The van der Waals surface area contributed by atoms with Crippen LogP contribution in [0, 0.1) is 6.92 Å². The highest BCUT2D eigenvalue weighted by molar-refractivity contribution is 5.99. The van der Waals surface area contributed by atoms with E-state index in [2.05, 4.69) is 56.5 Å². The molecule has 0 heterocycles. The van der Waals surface area contributed by atoms with E-state index >= 15 is 0 Å². The first-order valence-electron chi connectivity index (χ1n) is 6.17. The van der Waals surface area contributed by atoms with Crippen LogP contribution < -0.4 is 0 Å². The van der Waals surface area contributed by atoms with Crippen LogP contribution in [0.15, 0.2) is 43.5 Å². The Labute approximate surface area is 109 Å². The maximum atomic E-state index is 3.95. The van der Waals surface area contributed by atoms with Gasteiger partial charge in [0.15, 0.2) is 0 Å². The number of allylic oxidation sites excluding steroid dienone is 1. The lowest BCUT2D eigenvalue weighted by molar-refractivity contribution is 1.47. The van der Waals surface area contributed by atoms with E-state index in [1.807, 2.05) is 19.1 Å². The lowest BCUT2D eigenvalue weighted by Gasteiger charge is -2.15. The number of hydrogen-bond acceptors (Lipinski definition) is 0. The van der Waals surface area contributed by atoms with Crippen LogP contribution >= 0.6 is 0 Å². The summed E-state index contributed by atoms with van der Waals surface area (Å²) in [5, 5.41) is 2.53. The molecule has 2 rings (SSSR count). The second-order valence-electron chi connectivity index (χ2n) is 4.32. The molecule has 2 aromatic carbocycles. The average Bonchev–Trinajstić information content (AvgIpc) is 2.41. The molecule has 0 aromatic heterocycles. The standard InChI is InChI=1S/C18H18/c1-5-10-16-13(4)17-11-8-9-12-18(17)15(7-3)14(16)6-2/h5-12H,2-3H2,1,4H3/b10-5-. The van der Waals surface area contributed by atoms with Gasteiger partial charge in [0.25, 0.3) is 0 Å². The Morgan fingerprint density at radius 2 is 1.50 bits per heavy atom. The Hall–Kier alpha value is -2.08. The van der Waals surface area contributed by atoms with E-state index in [0.717, 1.165) is 0 Å². The van der Waals surface area contributed by atoms with Crippen molar-refractivity contribution in [3.05, 3.63) is 65.8 Å². The summed E-state index contributed by atoms with van der Waals surface area (Å²) >= 11 is 0. The summed E-state index contributed by atoms with van der Waals surface area (Å²) in [5.74, 6) is 0. The van der Waals surface area contributed by atoms with E-state index in [1.165, 1.54) is 33.0 Å². The summed E-state index contributed by atoms with van der Waals surface area (Å²) in [5.41, 5.74) is 4.86. The first kappa shape index (κ1) is 12.4. The summed E-state index contributed by atoms with van der Waals surface area (Å²) in [6, 6.07) is 8.45. The molecule has 0 atom stereocenters. The van der Waals surface area contributed by atoms with Crippen molar-refractivity contribution < 1.29 is 0 Å². The van der Waals surface area contributed by atoms with Crippen LogP contribution in [0.1, 0.15) is 29.2 Å². The van der Waals surface area contributed by atoms with Gasteiger partial charge in [0.05, 0.1) is 0 Å². The summed E-state index contributed by atoms with van der Waals surface area (Å²) in [6.45, 7) is 12.1. The van der Waals surface area contributed by atoms with Crippen molar-refractivity contribution in [2.75, 3.05) is 0 Å². The Bertz CT molecular complexity index is 643. The molecule has 0 aliphatic carbocycles. The lowest BCUT2D eigenvalue weighted by atomic mass is 9.89. The van der Waals surface area contributed by atoms with Crippen LogP contribution in [0.25, 0.3) is 29.0 Å². The van der Waals surface area contributed by atoms with E-state index in [9.17, 15) is 0 Å². The molecular weight excluding hydrogens is 216 g/mol. The van der Waals surface area contributed by atoms with Gasteiger partial charge in [-0.15, -0.1) is 0 Å². The summed E-state index contributed by atoms with van der Waals surface area (Å²) in [6.07, 6.45) is 8.06. The summed E-state index contributed by atoms with van der Waals surface area (Å²) in [4.78, 5) is 0. The average molecular weight is 234 g/mol. The molecule has 2 aromatic rings. The Morgan fingerprint density at radius 1 is 0.889 bits per heavy atom. The minimum atomic E-state index is 1.17. The first-order chi connectivity index (χ1) is 8.74. The van der Waals surface area contributed by atoms with E-state index in [1.54, 1.807) is 0 Å². The maximum Gasteiger partial charge on any atom is -0.0103 e. The van der Waals surface area contributed by atoms with Gasteiger partial charge in [-0.1, -0.05) is 61.7 Å². The highest BCUT2D eigenvalue weighted by Crippen LogP contribution is 2.32. The predicted octanol–water partition coefficient (Wildman–Crippen LogP) is 5.47. The van der Waals surface area contributed by atoms with E-state index < -0.39 is 0 Å². The van der Waals surface area contributed by atoms with E-state index in [-0.39, 0.29) is 0 Å². The van der Waals surface area contributed by atoms with Crippen LogP contribution in [0.2, 0.25) is 0 Å². The van der Waals surface area contributed by atoms with Gasteiger partial charge in [-0.2, -0.15) is 0 Å². The second kappa shape index (κ2) is 5.05. The highest BCUT2D eigenvalue weighted by Gasteiger charge is 2.11. The van der Waals surface area contributed by atoms with E-state index in [4.69, 9.17) is 0 Å². The summed E-state index contributed by atoms with van der Waals surface area (Å²) < 4.78 is 0. The van der Waals surface area contributed by atoms with Gasteiger partial charge in [0.2, 0.25) is 0 Å². The molecule has 0 nitrogen and oxygen atoms in total. The highest BCUT2D eigenvalue weighted by atomic mass is 14.1. The third kappa shape index (κ3) is 1.80. The molecule has 0 unspecified atom stereocenters. The van der Waals surface area contributed by atoms with Crippen molar-refractivity contribution in [3.63, 3.8) is 0 Å². The van der Waals surface area contributed by atoms with Crippen LogP contribution in [0.3, 0.4) is 0 Å². The molecule has 0 aliphatic heterocycles. The molecule has 0 N–H and O–H groups in total. The number of hydrogen-bond donors (Lipinski definition) is 0. The fourth-order valence-corrected chi connectivity index (χ4v) is 2.50. The molecule has 0 saturated heterocycles. The largest absolute Gasteiger partial charge is 0.0984 e. The molecule has 0 heteroatoms. The van der Waals surface area contributed by atoms with Gasteiger partial charge in [0.1, 0.15) is 0 Å². The number of fused-ring (bicyclic) bond motifs is 1. The van der Waals surface area contributed by atoms with Gasteiger partial charge < -0.3 is 0 Å². The fourth-order valence-electron chi connectivity index (χ4n) is 2.50. The van der Waals surface area contributed by atoms with Crippen molar-refractivity contribution in [2.45, 2.75) is 13.8 Å². The third-order valence-corrected chi connectivity index (χ3v) is 3.35. The summed E-state index contributed by atoms with van der Waals surface area (Å²) in [7, 11) is 0. The molecule has 0 saturated carbocycles. The van der Waals surface area contributed by atoms with Gasteiger partial charge in [-0.25, -0.2) is 0 Å². The second-order valence-corrected chi connectivity index (χ2v) is 4.32. The molecular formula is C18H18. The van der Waals surface area contributed by atoms with Gasteiger partial charge in [0, 0.05) is 0 Å². The number of rotatable bonds is 3. The predicted molar refractivity (Wildman–Crippen MR) is 83.6 cm³/mol. The fraction of sp³-hybridized carbons (Fsp3) is 0.111. The molecule has 18 heavy (non-hydrogen) atoms. The van der Waals surface area contributed by atoms with Crippen molar-refractivity contribution in [1.82, 2.24) is 0 Å². The zero-order chi connectivity index (χ0) is 13.1. The smallest absolute Gasteiger partial charge is 0.0103 e. The molecule has 0 aliphatic rings. The maximum absolute atomic E-state index is 3.95. The molecule has 0 radical (unpaired) electrons. The third-order valence-electron chi connectivity index (χ3n) is 3.35. The van der Waals surface area contributed by atoms with Gasteiger partial charge >= 0.3 is 0 Å². The molecule has 0 spiro atoms. The molecule has 90 valence electrons. The van der Waals surface area contributed by atoms with Crippen molar-refractivity contribution in [2.24, 2.45) is 0 Å². The lowest BCUT2D eigenvalue weighted by Crippen LogP contribution is -1.94. The Kier molecular flexibility index (Phi) is 3.47. The SMILES string of the molecule is C=Cc1c(/C=C\C)c(C)c2ccccc2c1C=C. The molecule has 0 amide bonds.